The molecular weight excluding hydrogens is 312 g/mol. The lowest BCUT2D eigenvalue weighted by atomic mass is 9.96. The summed E-state index contributed by atoms with van der Waals surface area (Å²) in [7, 11) is 0. The van der Waals surface area contributed by atoms with Crippen LogP contribution >= 0.6 is 0 Å². The van der Waals surface area contributed by atoms with Crippen molar-refractivity contribution in [3.8, 4) is 5.75 Å². The van der Waals surface area contributed by atoms with Gasteiger partial charge in [0.1, 0.15) is 11.5 Å². The fourth-order valence-corrected chi connectivity index (χ4v) is 2.72. The molecular formula is C17H18N2O5. The number of amides is 1. The fraction of sp³-hybridized carbons (Fsp3) is 0.353. The summed E-state index contributed by atoms with van der Waals surface area (Å²) in [5.74, 6) is -0.0401. The Morgan fingerprint density at radius 1 is 1.29 bits per heavy atom. The molecule has 1 aromatic heterocycles. The molecule has 126 valence electrons. The van der Waals surface area contributed by atoms with Crippen molar-refractivity contribution < 1.29 is 24.0 Å². The minimum Gasteiger partial charge on any atom is -0.482 e. The number of carboxylic acids is 1. The number of hydrogen-bond acceptors (Lipinski definition) is 5. The lowest BCUT2D eigenvalue weighted by Crippen LogP contribution is -2.24. The van der Waals surface area contributed by atoms with Gasteiger partial charge in [0.2, 0.25) is 0 Å². The zero-order valence-corrected chi connectivity index (χ0v) is 13.1. The number of nitrogens with one attached hydrogen (secondary N) is 1. The zero-order valence-electron chi connectivity index (χ0n) is 13.1. The molecule has 2 aromatic rings. The van der Waals surface area contributed by atoms with Crippen LogP contribution < -0.4 is 10.1 Å². The highest BCUT2D eigenvalue weighted by Gasteiger charge is 2.23. The van der Waals surface area contributed by atoms with Gasteiger partial charge in [-0.25, -0.2) is 4.79 Å². The van der Waals surface area contributed by atoms with Crippen molar-refractivity contribution in [1.82, 2.24) is 10.5 Å². The average Bonchev–Trinajstić information content (AvgIpc) is 3.02. The predicted octanol–water partition coefficient (Wildman–Crippen LogP) is 1.95. The normalized spacial score (nSPS) is 13.2. The summed E-state index contributed by atoms with van der Waals surface area (Å²) < 4.78 is 10.4. The number of carbonyl (C=O) groups excluding carboxylic acids is 1. The molecule has 0 fully saturated rings. The predicted molar refractivity (Wildman–Crippen MR) is 83.9 cm³/mol. The van der Waals surface area contributed by atoms with Crippen LogP contribution in [0.4, 0.5) is 0 Å². The number of carbonyl (C=O) groups is 2. The lowest BCUT2D eigenvalue weighted by Gasteiger charge is -2.10. The van der Waals surface area contributed by atoms with Crippen LogP contribution in [0.2, 0.25) is 0 Å². The first-order valence-corrected chi connectivity index (χ1v) is 7.82. The van der Waals surface area contributed by atoms with Gasteiger partial charge in [0.05, 0.1) is 0 Å². The summed E-state index contributed by atoms with van der Waals surface area (Å²) >= 11 is 0. The first kappa shape index (κ1) is 16.0. The van der Waals surface area contributed by atoms with E-state index in [1.165, 1.54) is 0 Å². The van der Waals surface area contributed by atoms with E-state index in [9.17, 15) is 9.59 Å². The summed E-state index contributed by atoms with van der Waals surface area (Å²) in [6.07, 6.45) is 3.75. The topological polar surface area (TPSA) is 102 Å². The van der Waals surface area contributed by atoms with Crippen LogP contribution in [0.25, 0.3) is 0 Å². The van der Waals surface area contributed by atoms with Gasteiger partial charge < -0.3 is 19.7 Å². The molecule has 1 aliphatic rings. The van der Waals surface area contributed by atoms with Crippen molar-refractivity contribution in [3.05, 3.63) is 46.8 Å². The third-order valence-corrected chi connectivity index (χ3v) is 3.88. The Morgan fingerprint density at radius 3 is 2.96 bits per heavy atom. The number of rotatable bonds is 6. The van der Waals surface area contributed by atoms with E-state index >= 15 is 0 Å². The molecule has 7 heteroatoms. The quantitative estimate of drug-likeness (QED) is 0.839. The highest BCUT2D eigenvalue weighted by atomic mass is 16.5. The minimum absolute atomic E-state index is 0.265. The Kier molecular flexibility index (Phi) is 4.79. The maximum Gasteiger partial charge on any atom is 0.341 e. The van der Waals surface area contributed by atoms with E-state index in [1.807, 2.05) is 6.07 Å². The molecule has 0 spiro atoms. The molecule has 0 aliphatic heterocycles. The van der Waals surface area contributed by atoms with Crippen LogP contribution in [0, 0.1) is 0 Å². The number of fused-ring (bicyclic) bond motifs is 1. The molecule has 1 amide bonds. The number of aliphatic carboxylic acids is 1. The largest absolute Gasteiger partial charge is 0.482 e. The van der Waals surface area contributed by atoms with Crippen LogP contribution in [0.1, 0.15) is 40.2 Å². The highest BCUT2D eigenvalue weighted by molar-refractivity contribution is 5.93. The van der Waals surface area contributed by atoms with Gasteiger partial charge in [0.15, 0.2) is 12.3 Å². The van der Waals surface area contributed by atoms with E-state index in [2.05, 4.69) is 10.5 Å². The van der Waals surface area contributed by atoms with Crippen LogP contribution in [0.5, 0.6) is 5.75 Å². The molecule has 0 saturated heterocycles. The van der Waals surface area contributed by atoms with Gasteiger partial charge in [-0.15, -0.1) is 0 Å². The molecule has 7 nitrogen and oxygen atoms in total. The molecule has 1 heterocycles. The second-order valence-corrected chi connectivity index (χ2v) is 5.65. The molecule has 0 radical (unpaired) electrons. The third-order valence-electron chi connectivity index (χ3n) is 3.88. The average molecular weight is 330 g/mol. The van der Waals surface area contributed by atoms with Crippen LogP contribution in [0.15, 0.2) is 28.8 Å². The number of nitrogens with zero attached hydrogens (tertiary/aromatic N) is 1. The molecule has 0 saturated carbocycles. The summed E-state index contributed by atoms with van der Waals surface area (Å²) in [5.41, 5.74) is 2.09. The first-order valence-electron chi connectivity index (χ1n) is 7.82. The molecule has 2 N–H and O–H groups in total. The number of carboxylic acid groups (broad SMARTS) is 1. The molecule has 1 aromatic carbocycles. The third kappa shape index (κ3) is 3.73. The number of aromatic nitrogens is 1. The summed E-state index contributed by atoms with van der Waals surface area (Å²) in [5, 5.41) is 15.3. The van der Waals surface area contributed by atoms with Gasteiger partial charge >= 0.3 is 5.97 Å². The Bertz CT molecular complexity index is 753. The van der Waals surface area contributed by atoms with Gasteiger partial charge in [0, 0.05) is 18.5 Å². The SMILES string of the molecule is O=C(O)COc1cccc(CNC(=O)c2noc3c2CCCC3)c1. The Hall–Kier alpha value is -2.83. The maximum absolute atomic E-state index is 12.3. The lowest BCUT2D eigenvalue weighted by molar-refractivity contribution is -0.139. The van der Waals surface area contributed by atoms with E-state index in [-0.39, 0.29) is 5.91 Å². The van der Waals surface area contributed by atoms with Crippen LogP contribution in [-0.4, -0.2) is 28.7 Å². The number of benzene rings is 1. The van der Waals surface area contributed by atoms with E-state index in [0.717, 1.165) is 42.6 Å². The smallest absolute Gasteiger partial charge is 0.341 e. The zero-order chi connectivity index (χ0) is 16.9. The van der Waals surface area contributed by atoms with Gasteiger partial charge in [0.25, 0.3) is 5.91 Å². The standard InChI is InChI=1S/C17H18N2O5/c20-15(21)10-23-12-5-3-4-11(8-12)9-18-17(22)16-13-6-1-2-7-14(13)24-19-16/h3-5,8H,1-2,6-7,9-10H2,(H,18,22)(H,20,21). The van der Waals surface area contributed by atoms with Crippen molar-refractivity contribution in [2.75, 3.05) is 6.61 Å². The van der Waals surface area contributed by atoms with Crippen molar-refractivity contribution in [2.24, 2.45) is 0 Å². The summed E-state index contributed by atoms with van der Waals surface area (Å²) in [4.78, 5) is 22.8. The second kappa shape index (κ2) is 7.16. The minimum atomic E-state index is -1.04. The van der Waals surface area contributed by atoms with E-state index < -0.39 is 12.6 Å². The first-order chi connectivity index (χ1) is 11.6. The van der Waals surface area contributed by atoms with E-state index in [4.69, 9.17) is 14.4 Å². The summed E-state index contributed by atoms with van der Waals surface area (Å²) in [6.45, 7) is -0.106. The van der Waals surface area contributed by atoms with Crippen molar-refractivity contribution in [2.45, 2.75) is 32.2 Å². The van der Waals surface area contributed by atoms with Crippen molar-refractivity contribution in [1.29, 1.82) is 0 Å². The fourth-order valence-electron chi connectivity index (χ4n) is 2.72. The van der Waals surface area contributed by atoms with E-state index in [1.54, 1.807) is 18.2 Å². The van der Waals surface area contributed by atoms with Crippen molar-refractivity contribution >= 4 is 11.9 Å². The molecule has 0 unspecified atom stereocenters. The molecule has 1 aliphatic carbocycles. The summed E-state index contributed by atoms with van der Waals surface area (Å²) in [6, 6.07) is 6.94. The number of ether oxygens (including phenoxy) is 1. The van der Waals surface area contributed by atoms with Crippen molar-refractivity contribution in [3.63, 3.8) is 0 Å². The van der Waals surface area contributed by atoms with Gasteiger partial charge in [-0.05, 0) is 37.0 Å². The molecule has 0 atom stereocenters. The number of aryl methyl sites for hydroxylation is 1. The second-order valence-electron chi connectivity index (χ2n) is 5.65. The molecule has 3 rings (SSSR count). The maximum atomic E-state index is 12.3. The van der Waals surface area contributed by atoms with E-state index in [0.29, 0.717) is 18.0 Å². The Labute approximate surface area is 138 Å². The van der Waals surface area contributed by atoms with Gasteiger partial charge in [-0.1, -0.05) is 17.3 Å². The van der Waals surface area contributed by atoms with Crippen LogP contribution in [-0.2, 0) is 24.2 Å². The number of hydrogen-bond donors (Lipinski definition) is 2. The van der Waals surface area contributed by atoms with Gasteiger partial charge in [-0.3, -0.25) is 4.79 Å². The molecule has 24 heavy (non-hydrogen) atoms. The highest BCUT2D eigenvalue weighted by Crippen LogP contribution is 2.24. The van der Waals surface area contributed by atoms with Gasteiger partial charge in [-0.2, -0.15) is 0 Å². The molecule has 0 bridgehead atoms. The monoisotopic (exact) mass is 330 g/mol. The Morgan fingerprint density at radius 2 is 2.12 bits per heavy atom. The van der Waals surface area contributed by atoms with Crippen LogP contribution in [0.3, 0.4) is 0 Å². The Balaban J connectivity index is 1.61.